The van der Waals surface area contributed by atoms with Crippen LogP contribution in [0.1, 0.15) is 10.4 Å². The van der Waals surface area contributed by atoms with Crippen molar-refractivity contribution in [1.82, 2.24) is 15.7 Å². The van der Waals surface area contributed by atoms with Crippen molar-refractivity contribution in [1.29, 1.82) is 0 Å². The Morgan fingerprint density at radius 1 is 1.54 bits per heavy atom. The summed E-state index contributed by atoms with van der Waals surface area (Å²) in [4.78, 5) is 15.6. The molecule has 1 aromatic rings. The fraction of sp³-hybridized carbons (Fsp3) is 0.167. The highest BCUT2D eigenvalue weighted by Gasteiger charge is 2.12. The van der Waals surface area contributed by atoms with Gasteiger partial charge in [-0.05, 0) is 6.07 Å². The first kappa shape index (κ1) is 10.2. The lowest BCUT2D eigenvalue weighted by atomic mass is 10.3. The molecule has 0 bridgehead atoms. The monoisotopic (exact) mass is 221 g/mol. The molecule has 1 aromatic heterocycles. The predicted octanol–water partition coefficient (Wildman–Crippen LogP) is 1.07. The molecule has 1 amide bonds. The highest BCUT2D eigenvalue weighted by atomic mass is 35.5. The molecule has 0 radical (unpaired) electrons. The van der Waals surface area contributed by atoms with E-state index in [1.54, 1.807) is 0 Å². The number of nitrogens with one attached hydrogen (secondary N) is 1. The number of hydrogen-bond donors (Lipinski definition) is 1. The van der Waals surface area contributed by atoms with E-state index in [0.29, 0.717) is 0 Å². The highest BCUT2D eigenvalue weighted by molar-refractivity contribution is 6.34. The molecule has 0 unspecified atom stereocenters. The maximum Gasteiger partial charge on any atom is 0.278 e. The molecule has 0 spiro atoms. The van der Waals surface area contributed by atoms with Crippen molar-refractivity contribution in [2.24, 2.45) is 0 Å². The Kier molecular flexibility index (Phi) is 3.41. The maximum absolute atomic E-state index is 11.2. The zero-order valence-corrected chi connectivity index (χ0v) is 8.06. The van der Waals surface area contributed by atoms with Crippen LogP contribution in [0.5, 0.6) is 0 Å². The van der Waals surface area contributed by atoms with Crippen LogP contribution >= 0.6 is 23.2 Å². The third-order valence-corrected chi connectivity index (χ3v) is 1.62. The van der Waals surface area contributed by atoms with Crippen molar-refractivity contribution >= 4 is 29.1 Å². The molecule has 1 N–H and O–H groups in total. The molecule has 0 aromatic carbocycles. The zero-order valence-electron chi connectivity index (χ0n) is 6.54. The number of carbonyl (C=O) groups excluding carboxylic acids is 1. The predicted molar refractivity (Wildman–Crippen MR) is 46.5 cm³/mol. The Morgan fingerprint density at radius 3 is 2.85 bits per heavy atom. The van der Waals surface area contributed by atoms with E-state index in [1.807, 2.05) is 0 Å². The average molecular weight is 222 g/mol. The van der Waals surface area contributed by atoms with Gasteiger partial charge in [0.1, 0.15) is 0 Å². The van der Waals surface area contributed by atoms with Gasteiger partial charge in [0.25, 0.3) is 5.91 Å². The van der Waals surface area contributed by atoms with E-state index in [0.717, 1.165) is 0 Å². The van der Waals surface area contributed by atoms with Gasteiger partial charge in [-0.1, -0.05) is 23.2 Å². The second-order valence-electron chi connectivity index (χ2n) is 2.01. The lowest BCUT2D eigenvalue weighted by Gasteiger charge is -2.02. The smallest absolute Gasteiger partial charge is 0.277 e. The Bertz CT molecular complexity index is 332. The second-order valence-corrected chi connectivity index (χ2v) is 2.75. The fourth-order valence-electron chi connectivity index (χ4n) is 0.660. The van der Waals surface area contributed by atoms with E-state index in [1.165, 1.54) is 13.2 Å². The lowest BCUT2D eigenvalue weighted by molar-refractivity contribution is 0.0537. The van der Waals surface area contributed by atoms with Gasteiger partial charge in [-0.3, -0.25) is 9.63 Å². The molecule has 0 fully saturated rings. The molecule has 0 saturated heterocycles. The molecule has 13 heavy (non-hydrogen) atoms. The van der Waals surface area contributed by atoms with Gasteiger partial charge in [-0.15, -0.1) is 10.2 Å². The summed E-state index contributed by atoms with van der Waals surface area (Å²) in [6, 6.07) is 1.30. The molecule has 1 heterocycles. The number of aromatic nitrogens is 2. The van der Waals surface area contributed by atoms with E-state index in [4.69, 9.17) is 23.2 Å². The van der Waals surface area contributed by atoms with Crippen LogP contribution in [-0.2, 0) is 4.84 Å². The SMILES string of the molecule is CONC(=O)c1cc(Cl)nnc1Cl. The lowest BCUT2D eigenvalue weighted by Crippen LogP contribution is -2.22. The van der Waals surface area contributed by atoms with Crippen LogP contribution < -0.4 is 5.48 Å². The minimum atomic E-state index is -0.524. The summed E-state index contributed by atoms with van der Waals surface area (Å²) in [5, 5.41) is 6.95. The number of hydroxylamine groups is 1. The van der Waals surface area contributed by atoms with Gasteiger partial charge < -0.3 is 0 Å². The van der Waals surface area contributed by atoms with Crippen molar-refractivity contribution < 1.29 is 9.63 Å². The zero-order chi connectivity index (χ0) is 9.84. The van der Waals surface area contributed by atoms with Gasteiger partial charge in [0.05, 0.1) is 12.7 Å². The molecule has 5 nitrogen and oxygen atoms in total. The topological polar surface area (TPSA) is 64.1 Å². The number of halogens is 2. The van der Waals surface area contributed by atoms with Crippen LogP contribution in [0.25, 0.3) is 0 Å². The number of amides is 1. The Labute approximate surface area is 84.0 Å². The average Bonchev–Trinajstić information content (AvgIpc) is 2.09. The molecule has 7 heteroatoms. The van der Waals surface area contributed by atoms with E-state index in [-0.39, 0.29) is 15.9 Å². The summed E-state index contributed by atoms with van der Waals surface area (Å²) in [7, 11) is 1.31. The number of carbonyl (C=O) groups is 1. The van der Waals surface area contributed by atoms with Crippen LogP contribution in [0.3, 0.4) is 0 Å². The molecule has 0 saturated carbocycles. The van der Waals surface area contributed by atoms with Crippen molar-refractivity contribution in [3.8, 4) is 0 Å². The van der Waals surface area contributed by atoms with Gasteiger partial charge in [-0.2, -0.15) is 0 Å². The third kappa shape index (κ3) is 2.51. The summed E-state index contributed by atoms with van der Waals surface area (Å²) in [5.41, 5.74) is 2.19. The van der Waals surface area contributed by atoms with Crippen LogP contribution in [0.4, 0.5) is 0 Å². The van der Waals surface area contributed by atoms with Crippen molar-refractivity contribution in [3.05, 3.63) is 21.9 Å². The molecule has 0 aliphatic carbocycles. The normalized spacial score (nSPS) is 9.77. The van der Waals surface area contributed by atoms with E-state index in [2.05, 4.69) is 20.5 Å². The molecular weight excluding hydrogens is 217 g/mol. The Balaban J connectivity index is 2.99. The van der Waals surface area contributed by atoms with Crippen molar-refractivity contribution in [2.75, 3.05) is 7.11 Å². The van der Waals surface area contributed by atoms with Gasteiger partial charge in [0.15, 0.2) is 10.3 Å². The minimum absolute atomic E-state index is 0.0287. The second kappa shape index (κ2) is 4.36. The first-order valence-corrected chi connectivity index (χ1v) is 3.92. The molecule has 0 aliphatic heterocycles. The van der Waals surface area contributed by atoms with Crippen LogP contribution in [0.2, 0.25) is 10.3 Å². The summed E-state index contributed by atoms with van der Waals surface area (Å²) in [6.07, 6.45) is 0. The molecular formula is C6H5Cl2N3O2. The quantitative estimate of drug-likeness (QED) is 0.760. The van der Waals surface area contributed by atoms with Crippen LogP contribution in [0, 0.1) is 0 Å². The molecule has 0 atom stereocenters. The van der Waals surface area contributed by atoms with Crippen molar-refractivity contribution in [2.45, 2.75) is 0 Å². The summed E-state index contributed by atoms with van der Waals surface area (Å²) >= 11 is 11.1. The minimum Gasteiger partial charge on any atom is -0.277 e. The van der Waals surface area contributed by atoms with E-state index < -0.39 is 5.91 Å². The molecule has 0 aliphatic rings. The van der Waals surface area contributed by atoms with Gasteiger partial charge in [0.2, 0.25) is 0 Å². The molecule has 70 valence electrons. The van der Waals surface area contributed by atoms with Gasteiger partial charge in [0, 0.05) is 0 Å². The Hall–Kier alpha value is -0.910. The number of nitrogens with zero attached hydrogens (tertiary/aromatic N) is 2. The van der Waals surface area contributed by atoms with Crippen molar-refractivity contribution in [3.63, 3.8) is 0 Å². The first-order valence-electron chi connectivity index (χ1n) is 3.17. The number of rotatable bonds is 2. The van der Waals surface area contributed by atoms with E-state index >= 15 is 0 Å². The van der Waals surface area contributed by atoms with Gasteiger partial charge >= 0.3 is 0 Å². The summed E-state index contributed by atoms with van der Waals surface area (Å²) in [5.74, 6) is -0.524. The molecule has 1 rings (SSSR count). The highest BCUT2D eigenvalue weighted by Crippen LogP contribution is 2.14. The van der Waals surface area contributed by atoms with E-state index in [9.17, 15) is 4.79 Å². The summed E-state index contributed by atoms with van der Waals surface area (Å²) in [6.45, 7) is 0. The number of hydrogen-bond acceptors (Lipinski definition) is 4. The fourth-order valence-corrected chi connectivity index (χ4v) is 0.985. The Morgan fingerprint density at radius 2 is 2.23 bits per heavy atom. The first-order chi connectivity index (χ1) is 6.15. The van der Waals surface area contributed by atoms with Crippen LogP contribution in [0.15, 0.2) is 6.07 Å². The van der Waals surface area contributed by atoms with Gasteiger partial charge in [-0.25, -0.2) is 5.48 Å². The maximum atomic E-state index is 11.2. The van der Waals surface area contributed by atoms with Crippen LogP contribution in [-0.4, -0.2) is 23.2 Å². The third-order valence-electron chi connectivity index (χ3n) is 1.16. The summed E-state index contributed by atoms with van der Waals surface area (Å²) < 4.78 is 0. The standard InChI is InChI=1S/C6H5Cl2N3O2/c1-13-11-6(12)3-2-4(7)9-10-5(3)8/h2H,1H3,(H,11,12). The largest absolute Gasteiger partial charge is 0.278 e.